The van der Waals surface area contributed by atoms with Gasteiger partial charge in [0.15, 0.2) is 5.13 Å². The number of fused-ring (bicyclic) bond motifs is 1. The van der Waals surface area contributed by atoms with Gasteiger partial charge in [0, 0.05) is 6.54 Å². The largest absolute Gasteiger partial charge is 0.361 e. The molecule has 114 valence electrons. The lowest BCUT2D eigenvalue weighted by Crippen LogP contribution is -2.10. The standard InChI is InChI=1S/C19H22N2S/c1-19(2,3)15-9-10-16-17(13-15)22-18(21-16)20-12-11-14-7-5-4-6-8-14/h4-10,13H,11-12H2,1-3H3,(H,20,21). The Labute approximate surface area is 136 Å². The maximum Gasteiger partial charge on any atom is 0.183 e. The fourth-order valence-electron chi connectivity index (χ4n) is 2.43. The highest BCUT2D eigenvalue weighted by Crippen LogP contribution is 2.31. The second-order valence-corrected chi connectivity index (χ2v) is 7.64. The molecule has 0 amide bonds. The van der Waals surface area contributed by atoms with Crippen LogP contribution in [0.2, 0.25) is 0 Å². The molecule has 0 aliphatic heterocycles. The number of benzene rings is 2. The van der Waals surface area contributed by atoms with Gasteiger partial charge >= 0.3 is 0 Å². The molecule has 0 saturated carbocycles. The summed E-state index contributed by atoms with van der Waals surface area (Å²) in [5.41, 5.74) is 3.98. The monoisotopic (exact) mass is 310 g/mol. The van der Waals surface area contributed by atoms with Crippen LogP contribution in [0.1, 0.15) is 31.9 Å². The molecular weight excluding hydrogens is 288 g/mol. The second-order valence-electron chi connectivity index (χ2n) is 6.61. The number of nitrogens with one attached hydrogen (secondary N) is 1. The summed E-state index contributed by atoms with van der Waals surface area (Å²) < 4.78 is 1.26. The van der Waals surface area contributed by atoms with E-state index in [4.69, 9.17) is 0 Å². The molecule has 0 aliphatic rings. The smallest absolute Gasteiger partial charge is 0.183 e. The van der Waals surface area contributed by atoms with Crippen LogP contribution in [0.3, 0.4) is 0 Å². The van der Waals surface area contributed by atoms with Crippen LogP contribution >= 0.6 is 11.3 Å². The Bertz CT molecular complexity index is 754. The van der Waals surface area contributed by atoms with E-state index in [9.17, 15) is 0 Å². The molecule has 1 heterocycles. The molecule has 3 aromatic rings. The van der Waals surface area contributed by atoms with E-state index in [-0.39, 0.29) is 5.41 Å². The molecule has 0 fully saturated rings. The summed E-state index contributed by atoms with van der Waals surface area (Å²) in [6, 6.07) is 17.1. The first-order valence-electron chi connectivity index (χ1n) is 7.71. The van der Waals surface area contributed by atoms with E-state index in [1.165, 1.54) is 15.8 Å². The second kappa shape index (κ2) is 6.09. The molecule has 0 spiro atoms. The molecule has 3 heteroatoms. The van der Waals surface area contributed by atoms with Gasteiger partial charge in [-0.3, -0.25) is 0 Å². The van der Waals surface area contributed by atoms with Crippen LogP contribution in [-0.4, -0.2) is 11.5 Å². The third-order valence-corrected chi connectivity index (χ3v) is 4.76. The van der Waals surface area contributed by atoms with E-state index < -0.39 is 0 Å². The minimum atomic E-state index is 0.180. The number of aromatic nitrogens is 1. The van der Waals surface area contributed by atoms with E-state index in [0.717, 1.165) is 23.6 Å². The molecule has 0 bridgehead atoms. The summed E-state index contributed by atoms with van der Waals surface area (Å²) in [6.45, 7) is 7.65. The number of rotatable bonds is 4. The zero-order valence-electron chi connectivity index (χ0n) is 13.4. The van der Waals surface area contributed by atoms with Gasteiger partial charge < -0.3 is 5.32 Å². The van der Waals surface area contributed by atoms with E-state index in [2.05, 4.69) is 79.6 Å². The maximum absolute atomic E-state index is 4.67. The quantitative estimate of drug-likeness (QED) is 0.712. The maximum atomic E-state index is 4.67. The third kappa shape index (κ3) is 3.47. The normalized spacial score (nSPS) is 11.8. The highest BCUT2D eigenvalue weighted by atomic mass is 32.1. The summed E-state index contributed by atoms with van der Waals surface area (Å²) in [5, 5.41) is 4.46. The average molecular weight is 310 g/mol. The van der Waals surface area contributed by atoms with Crippen molar-refractivity contribution in [3.63, 3.8) is 0 Å². The van der Waals surface area contributed by atoms with E-state index in [1.807, 2.05) is 0 Å². The summed E-state index contributed by atoms with van der Waals surface area (Å²) >= 11 is 1.74. The highest BCUT2D eigenvalue weighted by Gasteiger charge is 2.15. The van der Waals surface area contributed by atoms with Crippen molar-refractivity contribution in [2.24, 2.45) is 0 Å². The number of nitrogens with zero attached hydrogens (tertiary/aromatic N) is 1. The Morgan fingerprint density at radius 2 is 1.82 bits per heavy atom. The van der Waals surface area contributed by atoms with Gasteiger partial charge in [0.05, 0.1) is 10.2 Å². The van der Waals surface area contributed by atoms with Crippen LogP contribution in [0.4, 0.5) is 5.13 Å². The molecular formula is C19H22N2S. The van der Waals surface area contributed by atoms with Gasteiger partial charge in [0.1, 0.15) is 0 Å². The van der Waals surface area contributed by atoms with Crippen LogP contribution in [0.15, 0.2) is 48.5 Å². The topological polar surface area (TPSA) is 24.9 Å². The van der Waals surface area contributed by atoms with Crippen LogP contribution < -0.4 is 5.32 Å². The molecule has 2 aromatic carbocycles. The molecule has 2 nitrogen and oxygen atoms in total. The van der Waals surface area contributed by atoms with Gasteiger partial charge in [-0.15, -0.1) is 0 Å². The molecule has 22 heavy (non-hydrogen) atoms. The zero-order chi connectivity index (χ0) is 15.6. The van der Waals surface area contributed by atoms with Crippen molar-refractivity contribution in [3.05, 3.63) is 59.7 Å². The third-order valence-electron chi connectivity index (χ3n) is 3.79. The lowest BCUT2D eigenvalue weighted by Gasteiger charge is -2.18. The van der Waals surface area contributed by atoms with Gasteiger partial charge in [0.2, 0.25) is 0 Å². The summed E-state index contributed by atoms with van der Waals surface area (Å²) in [7, 11) is 0. The molecule has 0 atom stereocenters. The van der Waals surface area contributed by atoms with Crippen molar-refractivity contribution in [2.75, 3.05) is 11.9 Å². The van der Waals surface area contributed by atoms with Crippen LogP contribution in [-0.2, 0) is 11.8 Å². The Morgan fingerprint density at radius 1 is 1.05 bits per heavy atom. The lowest BCUT2D eigenvalue weighted by atomic mass is 9.87. The summed E-state index contributed by atoms with van der Waals surface area (Å²) in [4.78, 5) is 4.67. The SMILES string of the molecule is CC(C)(C)c1ccc2nc(NCCc3ccccc3)sc2c1. The summed E-state index contributed by atoms with van der Waals surface area (Å²) in [6.07, 6.45) is 1.02. The van der Waals surface area contributed by atoms with Gasteiger partial charge in [-0.2, -0.15) is 0 Å². The fourth-order valence-corrected chi connectivity index (χ4v) is 3.36. The van der Waals surface area contributed by atoms with Crippen molar-refractivity contribution in [1.82, 2.24) is 4.98 Å². The predicted molar refractivity (Wildman–Crippen MR) is 97.0 cm³/mol. The Kier molecular flexibility index (Phi) is 4.16. The first-order chi connectivity index (χ1) is 10.5. The van der Waals surface area contributed by atoms with E-state index in [1.54, 1.807) is 11.3 Å². The Balaban J connectivity index is 1.70. The van der Waals surface area contributed by atoms with Crippen LogP contribution in [0.25, 0.3) is 10.2 Å². The Morgan fingerprint density at radius 3 is 2.55 bits per heavy atom. The minimum Gasteiger partial charge on any atom is -0.361 e. The number of anilines is 1. The number of hydrogen-bond donors (Lipinski definition) is 1. The van der Waals surface area contributed by atoms with Crippen molar-refractivity contribution < 1.29 is 0 Å². The van der Waals surface area contributed by atoms with Crippen LogP contribution in [0, 0.1) is 0 Å². The molecule has 1 N–H and O–H groups in total. The molecule has 0 saturated heterocycles. The Hall–Kier alpha value is -1.87. The molecule has 0 radical (unpaired) electrons. The van der Waals surface area contributed by atoms with Crippen molar-refractivity contribution >= 4 is 26.7 Å². The first kappa shape index (κ1) is 15.0. The van der Waals surface area contributed by atoms with E-state index >= 15 is 0 Å². The first-order valence-corrected chi connectivity index (χ1v) is 8.53. The fraction of sp³-hybridized carbons (Fsp3) is 0.316. The summed E-state index contributed by atoms with van der Waals surface area (Å²) in [5.74, 6) is 0. The van der Waals surface area contributed by atoms with Gasteiger partial charge in [-0.05, 0) is 35.1 Å². The predicted octanol–water partition coefficient (Wildman–Crippen LogP) is 5.25. The van der Waals surface area contributed by atoms with Gasteiger partial charge in [-0.1, -0.05) is 68.5 Å². The number of thiazole rings is 1. The number of hydrogen-bond acceptors (Lipinski definition) is 3. The van der Waals surface area contributed by atoms with Gasteiger partial charge in [-0.25, -0.2) is 4.98 Å². The average Bonchev–Trinajstić information content (AvgIpc) is 2.89. The van der Waals surface area contributed by atoms with Crippen LogP contribution in [0.5, 0.6) is 0 Å². The zero-order valence-corrected chi connectivity index (χ0v) is 14.2. The van der Waals surface area contributed by atoms with Crippen molar-refractivity contribution in [2.45, 2.75) is 32.6 Å². The minimum absolute atomic E-state index is 0.180. The van der Waals surface area contributed by atoms with Crippen molar-refractivity contribution in [3.8, 4) is 0 Å². The lowest BCUT2D eigenvalue weighted by molar-refractivity contribution is 0.591. The molecule has 0 unspecified atom stereocenters. The molecule has 1 aromatic heterocycles. The van der Waals surface area contributed by atoms with E-state index in [0.29, 0.717) is 0 Å². The van der Waals surface area contributed by atoms with Gasteiger partial charge in [0.25, 0.3) is 0 Å². The van der Waals surface area contributed by atoms with Crippen molar-refractivity contribution in [1.29, 1.82) is 0 Å². The molecule has 3 rings (SSSR count). The molecule has 0 aliphatic carbocycles. The highest BCUT2D eigenvalue weighted by molar-refractivity contribution is 7.22.